The molecule has 1 aliphatic heterocycles. The fourth-order valence-electron chi connectivity index (χ4n) is 3.46. The van der Waals surface area contributed by atoms with Crippen LogP contribution in [0.15, 0.2) is 12.1 Å². The Hall–Kier alpha value is -3.92. The molecule has 35 heavy (non-hydrogen) atoms. The predicted octanol–water partition coefficient (Wildman–Crippen LogP) is 1.38. The second kappa shape index (κ2) is 10.1. The lowest BCUT2D eigenvalue weighted by Gasteiger charge is -2.29. The quantitative estimate of drug-likeness (QED) is 0.246. The number of hydrogen-bond acceptors (Lipinski definition) is 7. The molecule has 1 N–H and O–H groups in total. The molecule has 17 heteroatoms. The number of rotatable bonds is 8. The third-order valence-corrected chi connectivity index (χ3v) is 5.00. The molecular formula is C18H16F6N6O5. The van der Waals surface area contributed by atoms with Gasteiger partial charge in [0.15, 0.2) is 24.1 Å². The van der Waals surface area contributed by atoms with Crippen molar-refractivity contribution in [3.63, 3.8) is 0 Å². The third-order valence-electron chi connectivity index (χ3n) is 5.00. The first kappa shape index (κ1) is 25.7. The van der Waals surface area contributed by atoms with Crippen LogP contribution in [0.4, 0.5) is 26.3 Å². The van der Waals surface area contributed by atoms with Crippen LogP contribution in [-0.4, -0.2) is 55.8 Å². The molecule has 1 aromatic heterocycles. The van der Waals surface area contributed by atoms with E-state index in [2.05, 4.69) is 20.4 Å². The minimum atomic E-state index is -4.74. The number of alkyl halides is 3. The van der Waals surface area contributed by atoms with Crippen LogP contribution in [-0.2, 0) is 40.1 Å². The molecule has 2 heterocycles. The maximum atomic E-state index is 14.1. The Kier molecular flexibility index (Phi) is 7.45. The standard InChI is InChI=1S/C18H16F6N6O5/c19-11-6-13(21)12(20)4-9(11)3-10(25-15(31)8-35-30(33)34)5-16(32)28-1-2-29-14(7-28)26-27-17(29)18(22,23)24/h4,6,10H,1-3,5,7-8H2,(H,25,31)/t10-/m1/s1. The Morgan fingerprint density at radius 3 is 2.49 bits per heavy atom. The summed E-state index contributed by atoms with van der Waals surface area (Å²) in [6.07, 6.45) is -5.81. The molecule has 0 bridgehead atoms. The molecule has 0 saturated carbocycles. The topological polar surface area (TPSA) is 132 Å². The Balaban J connectivity index is 1.74. The number of nitrogens with zero attached hydrogens (tertiary/aromatic N) is 5. The maximum Gasteiger partial charge on any atom is 0.451 e. The molecule has 0 fully saturated rings. The molecule has 2 aromatic rings. The number of carbonyl (C=O) groups is 2. The van der Waals surface area contributed by atoms with Gasteiger partial charge in [-0.2, -0.15) is 13.2 Å². The molecule has 0 aliphatic carbocycles. The lowest BCUT2D eigenvalue weighted by Crippen LogP contribution is -2.45. The largest absolute Gasteiger partial charge is 0.451 e. The molecule has 1 aliphatic rings. The van der Waals surface area contributed by atoms with E-state index in [4.69, 9.17) is 0 Å². The van der Waals surface area contributed by atoms with Gasteiger partial charge in [0.05, 0.1) is 6.54 Å². The van der Waals surface area contributed by atoms with Crippen LogP contribution in [0.3, 0.4) is 0 Å². The first-order valence-electron chi connectivity index (χ1n) is 9.82. The van der Waals surface area contributed by atoms with Crippen LogP contribution in [0.5, 0.6) is 0 Å². The van der Waals surface area contributed by atoms with E-state index in [1.54, 1.807) is 0 Å². The fourth-order valence-corrected chi connectivity index (χ4v) is 3.46. The van der Waals surface area contributed by atoms with Crippen molar-refractivity contribution in [2.24, 2.45) is 0 Å². The van der Waals surface area contributed by atoms with E-state index < -0.39 is 77.4 Å². The zero-order valence-corrected chi connectivity index (χ0v) is 17.5. The highest BCUT2D eigenvalue weighted by atomic mass is 19.4. The molecule has 0 spiro atoms. The number of nitrogens with one attached hydrogen (secondary N) is 1. The van der Waals surface area contributed by atoms with Crippen molar-refractivity contribution in [1.29, 1.82) is 0 Å². The van der Waals surface area contributed by atoms with Crippen molar-refractivity contribution < 1.29 is 45.9 Å². The van der Waals surface area contributed by atoms with Crippen LogP contribution >= 0.6 is 0 Å². The summed E-state index contributed by atoms with van der Waals surface area (Å²) in [4.78, 5) is 40.1. The molecule has 0 unspecified atom stereocenters. The Bertz CT molecular complexity index is 1140. The minimum absolute atomic E-state index is 0.136. The number of fused-ring (bicyclic) bond motifs is 1. The summed E-state index contributed by atoms with van der Waals surface area (Å²) in [6, 6.07) is -0.448. The van der Waals surface area contributed by atoms with E-state index >= 15 is 0 Å². The van der Waals surface area contributed by atoms with Gasteiger partial charge in [0.1, 0.15) is 5.82 Å². The van der Waals surface area contributed by atoms with E-state index in [1.807, 2.05) is 0 Å². The summed E-state index contributed by atoms with van der Waals surface area (Å²) in [5, 5.41) is 17.8. The lowest BCUT2D eigenvalue weighted by molar-refractivity contribution is -0.754. The summed E-state index contributed by atoms with van der Waals surface area (Å²) in [5.41, 5.74) is -0.398. The van der Waals surface area contributed by atoms with Crippen LogP contribution in [0.25, 0.3) is 0 Å². The highest BCUT2D eigenvalue weighted by Crippen LogP contribution is 2.29. The SMILES string of the molecule is O=C(CO[N+](=O)[O-])N[C@@H](CC(=O)N1CCn2c(nnc2C(F)(F)F)C1)Cc1cc(F)c(F)cc1F. The van der Waals surface area contributed by atoms with Crippen LogP contribution in [0, 0.1) is 27.6 Å². The van der Waals surface area contributed by atoms with Crippen molar-refractivity contribution in [3.8, 4) is 0 Å². The number of hydrogen-bond donors (Lipinski definition) is 1. The van der Waals surface area contributed by atoms with Gasteiger partial charge in [-0.1, -0.05) is 0 Å². The van der Waals surface area contributed by atoms with E-state index in [1.165, 1.54) is 0 Å². The summed E-state index contributed by atoms with van der Waals surface area (Å²) < 4.78 is 80.7. The van der Waals surface area contributed by atoms with Gasteiger partial charge in [-0.25, -0.2) is 13.2 Å². The van der Waals surface area contributed by atoms with Crippen molar-refractivity contribution in [1.82, 2.24) is 25.0 Å². The lowest BCUT2D eigenvalue weighted by atomic mass is 10.0. The van der Waals surface area contributed by atoms with Crippen molar-refractivity contribution >= 4 is 11.8 Å². The molecule has 3 rings (SSSR count). The van der Waals surface area contributed by atoms with Gasteiger partial charge in [0.25, 0.3) is 5.09 Å². The van der Waals surface area contributed by atoms with Crippen LogP contribution in [0.1, 0.15) is 23.6 Å². The molecule has 1 aromatic carbocycles. The Morgan fingerprint density at radius 1 is 1.14 bits per heavy atom. The highest BCUT2D eigenvalue weighted by Gasteiger charge is 2.40. The zero-order valence-electron chi connectivity index (χ0n) is 17.5. The smallest absolute Gasteiger partial charge is 0.351 e. The number of aromatic nitrogens is 3. The molecule has 190 valence electrons. The predicted molar refractivity (Wildman–Crippen MR) is 100.0 cm³/mol. The van der Waals surface area contributed by atoms with E-state index in [0.29, 0.717) is 6.07 Å². The fraction of sp³-hybridized carbons (Fsp3) is 0.444. The van der Waals surface area contributed by atoms with Crippen molar-refractivity contribution in [3.05, 3.63) is 56.9 Å². The van der Waals surface area contributed by atoms with Gasteiger partial charge in [-0.05, 0) is 18.1 Å². The normalized spacial score (nSPS) is 14.3. The van der Waals surface area contributed by atoms with Gasteiger partial charge in [-0.15, -0.1) is 20.3 Å². The van der Waals surface area contributed by atoms with E-state index in [9.17, 15) is 46.0 Å². The number of halogens is 6. The highest BCUT2D eigenvalue weighted by molar-refractivity contribution is 5.80. The van der Waals surface area contributed by atoms with E-state index in [-0.39, 0.29) is 31.5 Å². The second-order valence-electron chi connectivity index (χ2n) is 7.43. The molecule has 0 radical (unpaired) electrons. The second-order valence-corrected chi connectivity index (χ2v) is 7.43. The first-order chi connectivity index (χ1) is 16.3. The van der Waals surface area contributed by atoms with Gasteiger partial charge in [0.2, 0.25) is 17.6 Å². The third kappa shape index (κ3) is 6.36. The molecule has 2 amide bonds. The summed E-state index contributed by atoms with van der Waals surface area (Å²) in [6.45, 7) is -1.83. The monoisotopic (exact) mass is 510 g/mol. The minimum Gasteiger partial charge on any atom is -0.351 e. The average molecular weight is 510 g/mol. The van der Waals surface area contributed by atoms with E-state index in [0.717, 1.165) is 9.47 Å². The molecule has 11 nitrogen and oxygen atoms in total. The number of benzene rings is 1. The van der Waals surface area contributed by atoms with Gasteiger partial charge in [-0.3, -0.25) is 9.59 Å². The number of carbonyl (C=O) groups excluding carboxylic acids is 2. The van der Waals surface area contributed by atoms with Gasteiger partial charge in [0, 0.05) is 31.6 Å². The summed E-state index contributed by atoms with van der Waals surface area (Å²) in [5.74, 6) is -7.12. The molecule has 1 atom stereocenters. The Labute approximate surface area is 191 Å². The van der Waals surface area contributed by atoms with Crippen LogP contribution in [0.2, 0.25) is 0 Å². The van der Waals surface area contributed by atoms with Crippen molar-refractivity contribution in [2.45, 2.75) is 38.1 Å². The summed E-state index contributed by atoms with van der Waals surface area (Å²) >= 11 is 0. The van der Waals surface area contributed by atoms with Gasteiger partial charge >= 0.3 is 6.18 Å². The molecular weight excluding hydrogens is 494 g/mol. The zero-order chi connectivity index (χ0) is 25.9. The Morgan fingerprint density at radius 2 is 1.83 bits per heavy atom. The van der Waals surface area contributed by atoms with Crippen LogP contribution < -0.4 is 5.32 Å². The summed E-state index contributed by atoms with van der Waals surface area (Å²) in [7, 11) is 0. The van der Waals surface area contributed by atoms with Gasteiger partial charge < -0.3 is 19.6 Å². The van der Waals surface area contributed by atoms with Crippen molar-refractivity contribution in [2.75, 3.05) is 13.2 Å². The molecule has 0 saturated heterocycles. The average Bonchev–Trinajstić information content (AvgIpc) is 3.19. The maximum absolute atomic E-state index is 14.1. The number of amides is 2. The first-order valence-corrected chi connectivity index (χ1v) is 9.82.